The summed E-state index contributed by atoms with van der Waals surface area (Å²) in [7, 11) is 1.26. The molecular weight excluding hydrogens is 220 g/mol. The van der Waals surface area contributed by atoms with E-state index in [1.807, 2.05) is 0 Å². The number of aliphatic hydroxyl groups is 1. The van der Waals surface area contributed by atoms with Crippen molar-refractivity contribution in [3.05, 3.63) is 21.9 Å². The molecule has 1 atom stereocenters. The molecule has 1 unspecified atom stereocenters. The normalized spacial score (nSPS) is 12.1. The number of hydrogen-bond donors (Lipinski definition) is 2. The molecule has 1 aromatic heterocycles. The van der Waals surface area contributed by atoms with Crippen LogP contribution in [0, 0.1) is 0 Å². The van der Waals surface area contributed by atoms with Crippen molar-refractivity contribution in [3.63, 3.8) is 0 Å². The predicted octanol–water partition coefficient (Wildman–Crippen LogP) is 1.04. The Morgan fingerprint density at radius 1 is 1.60 bits per heavy atom. The van der Waals surface area contributed by atoms with Crippen LogP contribution in [-0.2, 0) is 9.53 Å². The summed E-state index contributed by atoms with van der Waals surface area (Å²) in [6.45, 7) is 0. The van der Waals surface area contributed by atoms with Gasteiger partial charge in [-0.1, -0.05) is 0 Å². The van der Waals surface area contributed by atoms with Gasteiger partial charge in [0.1, 0.15) is 0 Å². The molecule has 5 nitrogen and oxygen atoms in total. The summed E-state index contributed by atoms with van der Waals surface area (Å²) in [6, 6.07) is 1.43. The van der Waals surface area contributed by atoms with Crippen molar-refractivity contribution in [2.75, 3.05) is 7.11 Å². The van der Waals surface area contributed by atoms with Crippen LogP contribution >= 0.6 is 11.3 Å². The fourth-order valence-corrected chi connectivity index (χ4v) is 1.88. The Kier molecular flexibility index (Phi) is 3.81. The molecule has 1 heterocycles. The SMILES string of the molecule is COC(=O)c1csc(C(O)CC(=O)O)c1. The van der Waals surface area contributed by atoms with E-state index in [0.717, 1.165) is 11.3 Å². The Morgan fingerprint density at radius 3 is 2.80 bits per heavy atom. The smallest absolute Gasteiger partial charge is 0.338 e. The van der Waals surface area contributed by atoms with Crippen LogP contribution in [-0.4, -0.2) is 29.3 Å². The lowest BCUT2D eigenvalue weighted by Crippen LogP contribution is -2.04. The van der Waals surface area contributed by atoms with Crippen molar-refractivity contribution < 1.29 is 24.5 Å². The number of rotatable bonds is 4. The summed E-state index contributed by atoms with van der Waals surface area (Å²) >= 11 is 1.13. The van der Waals surface area contributed by atoms with Gasteiger partial charge in [-0.25, -0.2) is 4.79 Å². The highest BCUT2D eigenvalue weighted by atomic mass is 32.1. The lowest BCUT2D eigenvalue weighted by atomic mass is 10.2. The monoisotopic (exact) mass is 230 g/mol. The number of carbonyl (C=O) groups is 2. The van der Waals surface area contributed by atoms with Gasteiger partial charge in [0.2, 0.25) is 0 Å². The van der Waals surface area contributed by atoms with Crippen molar-refractivity contribution in [1.82, 2.24) is 0 Å². The number of methoxy groups -OCH3 is 1. The van der Waals surface area contributed by atoms with Gasteiger partial charge in [0, 0.05) is 10.3 Å². The van der Waals surface area contributed by atoms with Crippen molar-refractivity contribution in [2.45, 2.75) is 12.5 Å². The summed E-state index contributed by atoms with van der Waals surface area (Å²) in [5, 5.41) is 19.4. The quantitative estimate of drug-likeness (QED) is 0.755. The number of carboxylic acids is 1. The van der Waals surface area contributed by atoms with E-state index in [4.69, 9.17) is 5.11 Å². The van der Waals surface area contributed by atoms with E-state index in [1.54, 1.807) is 0 Å². The fraction of sp³-hybridized carbons (Fsp3) is 0.333. The second-order valence-corrected chi connectivity index (χ2v) is 3.79. The van der Waals surface area contributed by atoms with Gasteiger partial charge < -0.3 is 14.9 Å². The molecule has 2 N–H and O–H groups in total. The third kappa shape index (κ3) is 3.03. The van der Waals surface area contributed by atoms with Crippen LogP contribution in [0.5, 0.6) is 0 Å². The Labute approximate surface area is 89.9 Å². The van der Waals surface area contributed by atoms with E-state index in [9.17, 15) is 14.7 Å². The van der Waals surface area contributed by atoms with E-state index >= 15 is 0 Å². The first-order valence-corrected chi connectivity index (χ1v) is 4.99. The Balaban J connectivity index is 2.75. The minimum atomic E-state index is -1.09. The zero-order valence-electron chi connectivity index (χ0n) is 7.97. The maximum absolute atomic E-state index is 11.1. The molecule has 0 aliphatic heterocycles. The minimum absolute atomic E-state index is 0.321. The van der Waals surface area contributed by atoms with Crippen LogP contribution in [0.3, 0.4) is 0 Å². The molecule has 0 fully saturated rings. The van der Waals surface area contributed by atoms with Crippen LogP contribution in [0.1, 0.15) is 27.8 Å². The van der Waals surface area contributed by atoms with Crippen LogP contribution < -0.4 is 0 Å². The number of esters is 1. The van der Waals surface area contributed by atoms with Gasteiger partial charge in [0.05, 0.1) is 25.2 Å². The molecule has 15 heavy (non-hydrogen) atoms. The summed E-state index contributed by atoms with van der Waals surface area (Å²) in [4.78, 5) is 21.8. The van der Waals surface area contributed by atoms with Gasteiger partial charge in [0.25, 0.3) is 0 Å². The first-order valence-electron chi connectivity index (χ1n) is 4.11. The zero-order valence-corrected chi connectivity index (χ0v) is 8.78. The highest BCUT2D eigenvalue weighted by Crippen LogP contribution is 2.24. The standard InChI is InChI=1S/C9H10O5S/c1-14-9(13)5-2-7(15-4-5)6(10)3-8(11)12/h2,4,6,10H,3H2,1H3,(H,11,12). The molecule has 82 valence electrons. The maximum atomic E-state index is 11.1. The number of thiophene rings is 1. The molecule has 0 saturated heterocycles. The third-order valence-corrected chi connectivity index (χ3v) is 2.77. The first kappa shape index (κ1) is 11.7. The molecule has 0 bridgehead atoms. The molecule has 1 rings (SSSR count). The summed E-state index contributed by atoms with van der Waals surface area (Å²) in [6.07, 6.45) is -1.45. The van der Waals surface area contributed by atoms with Crippen LogP contribution in [0.2, 0.25) is 0 Å². The first-order chi connectivity index (χ1) is 7.04. The molecule has 0 spiro atoms. The largest absolute Gasteiger partial charge is 0.481 e. The summed E-state index contributed by atoms with van der Waals surface area (Å²) in [5.74, 6) is -1.59. The average Bonchev–Trinajstić information content (AvgIpc) is 2.64. The van der Waals surface area contributed by atoms with Gasteiger partial charge in [-0.3, -0.25) is 4.79 Å². The number of aliphatic hydroxyl groups excluding tert-OH is 1. The average molecular weight is 230 g/mol. The lowest BCUT2D eigenvalue weighted by Gasteiger charge is -2.03. The molecular formula is C9H10O5S. The highest BCUT2D eigenvalue weighted by molar-refractivity contribution is 7.10. The number of carboxylic acid groups (broad SMARTS) is 1. The highest BCUT2D eigenvalue weighted by Gasteiger charge is 2.16. The van der Waals surface area contributed by atoms with E-state index < -0.39 is 18.0 Å². The number of carbonyl (C=O) groups excluding carboxylic acids is 1. The Morgan fingerprint density at radius 2 is 2.27 bits per heavy atom. The third-order valence-electron chi connectivity index (χ3n) is 1.74. The van der Waals surface area contributed by atoms with E-state index in [2.05, 4.69) is 4.74 Å². The fourth-order valence-electron chi connectivity index (χ4n) is 1.02. The topological polar surface area (TPSA) is 83.8 Å². The summed E-state index contributed by atoms with van der Waals surface area (Å²) < 4.78 is 4.48. The van der Waals surface area contributed by atoms with E-state index in [1.165, 1.54) is 18.6 Å². The van der Waals surface area contributed by atoms with Gasteiger partial charge in [-0.05, 0) is 6.07 Å². The van der Waals surface area contributed by atoms with Crippen molar-refractivity contribution in [1.29, 1.82) is 0 Å². The van der Waals surface area contributed by atoms with E-state index in [0.29, 0.717) is 10.4 Å². The molecule has 0 amide bonds. The zero-order chi connectivity index (χ0) is 11.4. The molecule has 0 aliphatic rings. The number of aliphatic carboxylic acids is 1. The van der Waals surface area contributed by atoms with Gasteiger partial charge >= 0.3 is 11.9 Å². The molecule has 0 radical (unpaired) electrons. The van der Waals surface area contributed by atoms with Crippen molar-refractivity contribution in [3.8, 4) is 0 Å². The van der Waals surface area contributed by atoms with Crippen molar-refractivity contribution in [2.24, 2.45) is 0 Å². The van der Waals surface area contributed by atoms with Gasteiger partial charge in [-0.2, -0.15) is 0 Å². The Bertz CT molecular complexity index is 370. The second-order valence-electron chi connectivity index (χ2n) is 2.84. The predicted molar refractivity (Wildman–Crippen MR) is 52.9 cm³/mol. The molecule has 0 aliphatic carbocycles. The summed E-state index contributed by atoms with van der Waals surface area (Å²) in [5.41, 5.74) is 0.321. The Hall–Kier alpha value is -1.40. The lowest BCUT2D eigenvalue weighted by molar-refractivity contribution is -0.139. The molecule has 1 aromatic rings. The van der Waals surface area contributed by atoms with Gasteiger partial charge in [0.15, 0.2) is 0 Å². The molecule has 0 aromatic carbocycles. The van der Waals surface area contributed by atoms with Gasteiger partial charge in [-0.15, -0.1) is 11.3 Å². The van der Waals surface area contributed by atoms with Crippen LogP contribution in [0.25, 0.3) is 0 Å². The van der Waals surface area contributed by atoms with Crippen molar-refractivity contribution >= 4 is 23.3 Å². The molecule has 6 heteroatoms. The van der Waals surface area contributed by atoms with Crippen LogP contribution in [0.15, 0.2) is 11.4 Å². The number of hydrogen-bond acceptors (Lipinski definition) is 5. The van der Waals surface area contributed by atoms with E-state index in [-0.39, 0.29) is 6.42 Å². The minimum Gasteiger partial charge on any atom is -0.481 e. The van der Waals surface area contributed by atoms with Crippen LogP contribution in [0.4, 0.5) is 0 Å². The number of ether oxygens (including phenoxy) is 1. The molecule has 0 saturated carbocycles. The second kappa shape index (κ2) is 4.90. The maximum Gasteiger partial charge on any atom is 0.338 e.